The molecule has 2 N–H and O–H groups in total. The van der Waals surface area contributed by atoms with E-state index in [0.29, 0.717) is 5.56 Å². The minimum Gasteiger partial charge on any atom is -0.480 e. The number of nitrogens with one attached hydrogen (secondary N) is 1. The third-order valence-corrected chi connectivity index (χ3v) is 3.40. The van der Waals surface area contributed by atoms with Crippen LogP contribution in [0.1, 0.15) is 18.4 Å². The van der Waals surface area contributed by atoms with Gasteiger partial charge < -0.3 is 15.3 Å². The Hall–Kier alpha value is -2.06. The molecule has 1 fully saturated rings. The van der Waals surface area contributed by atoms with E-state index in [1.807, 2.05) is 24.3 Å². The summed E-state index contributed by atoms with van der Waals surface area (Å²) in [5, 5.41) is 20.8. The zero-order valence-corrected chi connectivity index (χ0v) is 10.7. The monoisotopic (exact) mass is 259 g/mol. The van der Waals surface area contributed by atoms with Gasteiger partial charge in [-0.25, -0.2) is 0 Å². The Bertz CT molecular complexity index is 488. The van der Waals surface area contributed by atoms with Crippen LogP contribution in [-0.4, -0.2) is 36.8 Å². The highest BCUT2D eigenvalue weighted by Gasteiger charge is 2.20. The molecule has 1 saturated heterocycles. The van der Waals surface area contributed by atoms with Gasteiger partial charge in [-0.15, -0.1) is 0 Å². The standard InChI is InChI=1S/C14H17N3O2/c15-9-11-3-1-2-4-13(11)17-7-5-12(6-8-17)16-10-14(18)19/h1-4,12,16H,5-8,10H2,(H,18,19). The van der Waals surface area contributed by atoms with E-state index < -0.39 is 5.97 Å². The molecular formula is C14H17N3O2. The number of carboxylic acids is 1. The van der Waals surface area contributed by atoms with Crippen molar-refractivity contribution in [3.8, 4) is 6.07 Å². The fourth-order valence-electron chi connectivity index (χ4n) is 2.40. The van der Waals surface area contributed by atoms with Gasteiger partial charge in [-0.2, -0.15) is 5.26 Å². The lowest BCUT2D eigenvalue weighted by Crippen LogP contribution is -2.44. The zero-order chi connectivity index (χ0) is 13.7. The molecule has 0 spiro atoms. The normalized spacial score (nSPS) is 16.1. The summed E-state index contributed by atoms with van der Waals surface area (Å²) in [5.41, 5.74) is 1.67. The van der Waals surface area contributed by atoms with E-state index in [9.17, 15) is 4.79 Å². The van der Waals surface area contributed by atoms with Crippen molar-refractivity contribution in [3.63, 3.8) is 0 Å². The lowest BCUT2D eigenvalue weighted by Gasteiger charge is -2.34. The Labute approximate surface area is 112 Å². The molecule has 19 heavy (non-hydrogen) atoms. The average molecular weight is 259 g/mol. The Morgan fingerprint density at radius 2 is 2.11 bits per heavy atom. The second kappa shape index (κ2) is 6.21. The third kappa shape index (κ3) is 3.46. The van der Waals surface area contributed by atoms with Gasteiger partial charge in [-0.05, 0) is 25.0 Å². The predicted molar refractivity (Wildman–Crippen MR) is 72.0 cm³/mol. The minimum atomic E-state index is -0.822. The first-order valence-electron chi connectivity index (χ1n) is 6.40. The van der Waals surface area contributed by atoms with Crippen LogP contribution in [0.15, 0.2) is 24.3 Å². The van der Waals surface area contributed by atoms with E-state index in [-0.39, 0.29) is 12.6 Å². The molecule has 0 atom stereocenters. The molecule has 1 aromatic carbocycles. The lowest BCUT2D eigenvalue weighted by atomic mass is 10.0. The summed E-state index contributed by atoms with van der Waals surface area (Å²) in [6, 6.07) is 10.0. The maximum Gasteiger partial charge on any atom is 0.317 e. The summed E-state index contributed by atoms with van der Waals surface area (Å²) >= 11 is 0. The van der Waals surface area contributed by atoms with Crippen molar-refractivity contribution in [2.75, 3.05) is 24.5 Å². The number of para-hydroxylation sites is 1. The Balaban J connectivity index is 1.93. The molecule has 0 bridgehead atoms. The number of anilines is 1. The SMILES string of the molecule is N#Cc1ccccc1N1CCC(NCC(=O)O)CC1. The summed E-state index contributed by atoms with van der Waals surface area (Å²) in [7, 11) is 0. The van der Waals surface area contributed by atoms with Gasteiger partial charge in [0.25, 0.3) is 0 Å². The predicted octanol–water partition coefficient (Wildman–Crippen LogP) is 1.20. The number of rotatable bonds is 4. The highest BCUT2D eigenvalue weighted by molar-refractivity contribution is 5.69. The van der Waals surface area contributed by atoms with Gasteiger partial charge in [-0.3, -0.25) is 4.79 Å². The number of carbonyl (C=O) groups is 1. The summed E-state index contributed by atoms with van der Waals surface area (Å²) in [5.74, 6) is -0.822. The lowest BCUT2D eigenvalue weighted by molar-refractivity contribution is -0.136. The summed E-state index contributed by atoms with van der Waals surface area (Å²) in [6.45, 7) is 1.70. The van der Waals surface area contributed by atoms with Crippen LogP contribution in [0.2, 0.25) is 0 Å². The number of piperidine rings is 1. The Kier molecular flexibility index (Phi) is 4.37. The molecule has 1 aliphatic rings. The Morgan fingerprint density at radius 1 is 1.42 bits per heavy atom. The molecule has 0 radical (unpaired) electrons. The highest BCUT2D eigenvalue weighted by atomic mass is 16.4. The van der Waals surface area contributed by atoms with Crippen LogP contribution in [0.4, 0.5) is 5.69 Å². The number of hydrogen-bond acceptors (Lipinski definition) is 4. The molecule has 1 aromatic rings. The van der Waals surface area contributed by atoms with Crippen LogP contribution in [0, 0.1) is 11.3 Å². The molecule has 0 aliphatic carbocycles. The number of carboxylic acid groups (broad SMARTS) is 1. The molecule has 0 saturated carbocycles. The molecule has 0 unspecified atom stereocenters. The van der Waals surface area contributed by atoms with Crippen LogP contribution in [0.5, 0.6) is 0 Å². The van der Waals surface area contributed by atoms with E-state index in [2.05, 4.69) is 16.3 Å². The molecular weight excluding hydrogens is 242 g/mol. The highest BCUT2D eigenvalue weighted by Crippen LogP contribution is 2.23. The van der Waals surface area contributed by atoms with E-state index in [4.69, 9.17) is 10.4 Å². The molecule has 1 aliphatic heterocycles. The van der Waals surface area contributed by atoms with Gasteiger partial charge in [0.15, 0.2) is 0 Å². The number of aliphatic carboxylic acids is 1. The maximum absolute atomic E-state index is 10.5. The molecule has 1 heterocycles. The third-order valence-electron chi connectivity index (χ3n) is 3.40. The van der Waals surface area contributed by atoms with Crippen molar-refractivity contribution in [2.45, 2.75) is 18.9 Å². The number of nitrogens with zero attached hydrogens (tertiary/aromatic N) is 2. The largest absolute Gasteiger partial charge is 0.480 e. The fourth-order valence-corrected chi connectivity index (χ4v) is 2.40. The minimum absolute atomic E-state index is 0.0133. The summed E-state index contributed by atoms with van der Waals surface area (Å²) < 4.78 is 0. The van der Waals surface area contributed by atoms with Crippen LogP contribution < -0.4 is 10.2 Å². The van der Waals surface area contributed by atoms with E-state index in [1.165, 1.54) is 0 Å². The van der Waals surface area contributed by atoms with E-state index >= 15 is 0 Å². The first-order valence-corrected chi connectivity index (χ1v) is 6.40. The van der Waals surface area contributed by atoms with Gasteiger partial charge in [0.1, 0.15) is 6.07 Å². The molecule has 0 aromatic heterocycles. The van der Waals surface area contributed by atoms with Crippen LogP contribution in [-0.2, 0) is 4.79 Å². The molecule has 5 nitrogen and oxygen atoms in total. The zero-order valence-electron chi connectivity index (χ0n) is 10.7. The van der Waals surface area contributed by atoms with Gasteiger partial charge in [-0.1, -0.05) is 12.1 Å². The summed E-state index contributed by atoms with van der Waals surface area (Å²) in [4.78, 5) is 12.7. The maximum atomic E-state index is 10.5. The van der Waals surface area contributed by atoms with Crippen molar-refractivity contribution in [2.24, 2.45) is 0 Å². The molecule has 100 valence electrons. The van der Waals surface area contributed by atoms with Crippen LogP contribution >= 0.6 is 0 Å². The molecule has 0 amide bonds. The van der Waals surface area contributed by atoms with Crippen molar-refractivity contribution in [1.29, 1.82) is 5.26 Å². The average Bonchev–Trinajstić information content (AvgIpc) is 2.45. The first kappa shape index (κ1) is 13.4. The van der Waals surface area contributed by atoms with Crippen LogP contribution in [0.3, 0.4) is 0 Å². The first-order chi connectivity index (χ1) is 9.20. The van der Waals surface area contributed by atoms with Crippen molar-refractivity contribution in [1.82, 2.24) is 5.32 Å². The number of nitriles is 1. The number of hydrogen-bond donors (Lipinski definition) is 2. The van der Waals surface area contributed by atoms with Crippen molar-refractivity contribution in [3.05, 3.63) is 29.8 Å². The van der Waals surface area contributed by atoms with Crippen molar-refractivity contribution >= 4 is 11.7 Å². The second-order valence-corrected chi connectivity index (χ2v) is 4.66. The van der Waals surface area contributed by atoms with Gasteiger partial charge >= 0.3 is 5.97 Å². The van der Waals surface area contributed by atoms with E-state index in [1.54, 1.807) is 0 Å². The second-order valence-electron chi connectivity index (χ2n) is 4.66. The summed E-state index contributed by atoms with van der Waals surface area (Å²) in [6.07, 6.45) is 1.79. The Morgan fingerprint density at radius 3 is 2.74 bits per heavy atom. The molecule has 2 rings (SSSR count). The number of benzene rings is 1. The molecule has 5 heteroatoms. The van der Waals surface area contributed by atoms with Crippen LogP contribution in [0.25, 0.3) is 0 Å². The van der Waals surface area contributed by atoms with E-state index in [0.717, 1.165) is 31.6 Å². The van der Waals surface area contributed by atoms with Gasteiger partial charge in [0.2, 0.25) is 0 Å². The van der Waals surface area contributed by atoms with Crippen molar-refractivity contribution < 1.29 is 9.90 Å². The van der Waals surface area contributed by atoms with Gasteiger partial charge in [0.05, 0.1) is 17.8 Å². The van der Waals surface area contributed by atoms with Gasteiger partial charge in [0, 0.05) is 19.1 Å². The topological polar surface area (TPSA) is 76.4 Å². The smallest absolute Gasteiger partial charge is 0.317 e. The fraction of sp³-hybridized carbons (Fsp3) is 0.429. The quantitative estimate of drug-likeness (QED) is 0.849.